The molecule has 0 saturated carbocycles. The van der Waals surface area contributed by atoms with Crippen LogP contribution in [0, 0.1) is 11.8 Å². The van der Waals surface area contributed by atoms with E-state index in [0.717, 1.165) is 43.8 Å². The number of nitrogens with zero attached hydrogens (tertiary/aromatic N) is 2. The van der Waals surface area contributed by atoms with E-state index < -0.39 is 11.7 Å². The average molecular weight is 435 g/mol. The zero-order valence-corrected chi connectivity index (χ0v) is 17.8. The second-order valence-corrected chi connectivity index (χ2v) is 8.28. The van der Waals surface area contributed by atoms with Gasteiger partial charge in [0, 0.05) is 55.4 Å². The molecule has 1 saturated heterocycles. The van der Waals surface area contributed by atoms with Gasteiger partial charge in [0.15, 0.2) is 0 Å². The Balaban J connectivity index is 1.50. The third kappa shape index (κ3) is 6.35. The van der Waals surface area contributed by atoms with E-state index in [2.05, 4.69) is 20.5 Å². The molecular formula is C23H29F3N4O. The van der Waals surface area contributed by atoms with Crippen molar-refractivity contribution < 1.29 is 18.0 Å². The van der Waals surface area contributed by atoms with Crippen molar-refractivity contribution in [2.45, 2.75) is 38.9 Å². The zero-order valence-electron chi connectivity index (χ0n) is 17.8. The van der Waals surface area contributed by atoms with Crippen molar-refractivity contribution in [1.29, 1.82) is 0 Å². The lowest BCUT2D eigenvalue weighted by molar-refractivity contribution is -0.137. The normalized spacial score (nSPS) is 16.3. The number of carbonyl (C=O) groups is 1. The van der Waals surface area contributed by atoms with Crippen molar-refractivity contribution >= 4 is 17.3 Å². The molecule has 2 aromatic rings. The summed E-state index contributed by atoms with van der Waals surface area (Å²) in [5.74, 6) is 0.190. The van der Waals surface area contributed by atoms with Gasteiger partial charge >= 0.3 is 6.18 Å². The summed E-state index contributed by atoms with van der Waals surface area (Å²) in [7, 11) is 0. The Morgan fingerprint density at radius 3 is 2.26 bits per heavy atom. The number of benzene rings is 1. The van der Waals surface area contributed by atoms with E-state index in [1.165, 1.54) is 12.1 Å². The third-order valence-electron chi connectivity index (χ3n) is 5.76. The summed E-state index contributed by atoms with van der Waals surface area (Å²) >= 11 is 0. The molecule has 1 aromatic carbocycles. The maximum Gasteiger partial charge on any atom is 0.416 e. The minimum absolute atomic E-state index is 0.0367. The molecule has 2 heterocycles. The van der Waals surface area contributed by atoms with Crippen molar-refractivity contribution in [1.82, 2.24) is 10.3 Å². The lowest BCUT2D eigenvalue weighted by Crippen LogP contribution is -2.48. The van der Waals surface area contributed by atoms with Crippen molar-refractivity contribution in [3.8, 4) is 0 Å². The number of amides is 1. The number of pyridine rings is 1. The van der Waals surface area contributed by atoms with Crippen molar-refractivity contribution in [3.63, 3.8) is 0 Å². The smallest absolute Gasteiger partial charge is 0.383 e. The van der Waals surface area contributed by atoms with Crippen LogP contribution in [0.2, 0.25) is 0 Å². The predicted octanol–water partition coefficient (Wildman–Crippen LogP) is 4.57. The Hall–Kier alpha value is -2.77. The molecular weight excluding hydrogens is 405 g/mol. The first-order valence-electron chi connectivity index (χ1n) is 10.6. The number of hydrogen-bond acceptors (Lipinski definition) is 4. The first-order valence-corrected chi connectivity index (χ1v) is 10.6. The van der Waals surface area contributed by atoms with Gasteiger partial charge in [-0.2, -0.15) is 13.2 Å². The summed E-state index contributed by atoms with van der Waals surface area (Å²) in [6, 6.07) is 8.77. The molecule has 8 heteroatoms. The van der Waals surface area contributed by atoms with E-state index in [1.807, 2.05) is 26.0 Å². The molecule has 0 unspecified atom stereocenters. The molecule has 0 aliphatic carbocycles. The Morgan fingerprint density at radius 1 is 1.10 bits per heavy atom. The lowest BCUT2D eigenvalue weighted by Gasteiger charge is -2.34. The second-order valence-electron chi connectivity index (χ2n) is 8.28. The highest BCUT2D eigenvalue weighted by molar-refractivity contribution is 5.79. The lowest BCUT2D eigenvalue weighted by atomic mass is 9.94. The SMILES string of the molecule is CC(C)[C@H](CNc1ccc(C(F)(F)F)cc1)NC(=O)C1CCN(c2ccncc2)CC1. The summed E-state index contributed by atoms with van der Waals surface area (Å²) in [4.78, 5) is 19.1. The topological polar surface area (TPSA) is 57.3 Å². The maximum absolute atomic E-state index is 12.8. The highest BCUT2D eigenvalue weighted by Gasteiger charge is 2.30. The van der Waals surface area contributed by atoms with E-state index >= 15 is 0 Å². The summed E-state index contributed by atoms with van der Waals surface area (Å²) in [5, 5.41) is 6.28. The number of hydrogen-bond donors (Lipinski definition) is 2. The number of piperidine rings is 1. The summed E-state index contributed by atoms with van der Waals surface area (Å²) in [5.41, 5.74) is 1.04. The van der Waals surface area contributed by atoms with E-state index in [1.54, 1.807) is 12.4 Å². The molecule has 5 nitrogen and oxygen atoms in total. The molecule has 3 rings (SSSR count). The average Bonchev–Trinajstić information content (AvgIpc) is 2.76. The van der Waals surface area contributed by atoms with Gasteiger partial charge in [-0.25, -0.2) is 0 Å². The number of halogens is 3. The standard InChI is InChI=1S/C23H29F3N4O/c1-16(2)21(15-28-19-5-3-18(4-6-19)23(24,25)26)29-22(31)17-9-13-30(14-10-17)20-7-11-27-12-8-20/h3-8,11-12,16-17,21,28H,9-10,13-15H2,1-2H3,(H,29,31)/t21-/m0/s1. The molecule has 1 amide bonds. The van der Waals surface area contributed by atoms with Crippen LogP contribution < -0.4 is 15.5 Å². The van der Waals surface area contributed by atoms with Gasteiger partial charge in [0.2, 0.25) is 5.91 Å². The van der Waals surface area contributed by atoms with Gasteiger partial charge in [-0.3, -0.25) is 9.78 Å². The number of nitrogens with one attached hydrogen (secondary N) is 2. The summed E-state index contributed by atoms with van der Waals surface area (Å²) < 4.78 is 38.1. The zero-order chi connectivity index (χ0) is 22.4. The van der Waals surface area contributed by atoms with Crippen LogP contribution in [-0.2, 0) is 11.0 Å². The predicted molar refractivity (Wildman–Crippen MR) is 116 cm³/mol. The fourth-order valence-electron chi connectivity index (χ4n) is 3.71. The van der Waals surface area contributed by atoms with E-state index in [4.69, 9.17) is 0 Å². The van der Waals surface area contributed by atoms with Crippen LogP contribution >= 0.6 is 0 Å². The molecule has 1 atom stereocenters. The highest BCUT2D eigenvalue weighted by atomic mass is 19.4. The van der Waals surface area contributed by atoms with Crippen LogP contribution in [0.3, 0.4) is 0 Å². The van der Waals surface area contributed by atoms with Gasteiger partial charge < -0.3 is 15.5 Å². The van der Waals surface area contributed by atoms with E-state index in [9.17, 15) is 18.0 Å². The molecule has 1 aromatic heterocycles. The minimum Gasteiger partial charge on any atom is -0.383 e. The number of aromatic nitrogens is 1. The molecule has 0 radical (unpaired) electrons. The van der Waals surface area contributed by atoms with Gasteiger partial charge in [0.05, 0.1) is 5.56 Å². The summed E-state index contributed by atoms with van der Waals surface area (Å²) in [6.45, 7) is 6.12. The van der Waals surface area contributed by atoms with Crippen LogP contribution in [0.15, 0.2) is 48.8 Å². The van der Waals surface area contributed by atoms with Crippen LogP contribution in [0.25, 0.3) is 0 Å². The number of anilines is 2. The van der Waals surface area contributed by atoms with Gasteiger partial charge in [-0.15, -0.1) is 0 Å². The van der Waals surface area contributed by atoms with Crippen LogP contribution in [0.1, 0.15) is 32.3 Å². The van der Waals surface area contributed by atoms with E-state index in [-0.39, 0.29) is 23.8 Å². The van der Waals surface area contributed by atoms with Crippen molar-refractivity contribution in [3.05, 3.63) is 54.4 Å². The van der Waals surface area contributed by atoms with Gasteiger partial charge in [-0.05, 0) is 55.2 Å². The fourth-order valence-corrected chi connectivity index (χ4v) is 3.71. The number of alkyl halides is 3. The van der Waals surface area contributed by atoms with Crippen LogP contribution in [0.5, 0.6) is 0 Å². The van der Waals surface area contributed by atoms with Crippen LogP contribution in [0.4, 0.5) is 24.5 Å². The molecule has 31 heavy (non-hydrogen) atoms. The van der Waals surface area contributed by atoms with Gasteiger partial charge in [-0.1, -0.05) is 13.8 Å². The third-order valence-corrected chi connectivity index (χ3v) is 5.76. The molecule has 0 spiro atoms. The first kappa shape index (κ1) is 22.9. The van der Waals surface area contributed by atoms with Gasteiger partial charge in [0.25, 0.3) is 0 Å². The second kappa shape index (κ2) is 10.0. The molecule has 2 N–H and O–H groups in total. The Morgan fingerprint density at radius 2 is 1.71 bits per heavy atom. The van der Waals surface area contributed by atoms with Crippen molar-refractivity contribution in [2.75, 3.05) is 29.9 Å². The summed E-state index contributed by atoms with van der Waals surface area (Å²) in [6.07, 6.45) is 0.757. The largest absolute Gasteiger partial charge is 0.416 e. The minimum atomic E-state index is -4.35. The fraction of sp³-hybridized carbons (Fsp3) is 0.478. The number of carbonyl (C=O) groups excluding carboxylic acids is 1. The monoisotopic (exact) mass is 434 g/mol. The molecule has 1 aliphatic heterocycles. The molecule has 1 fully saturated rings. The quantitative estimate of drug-likeness (QED) is 0.670. The molecule has 0 bridgehead atoms. The van der Waals surface area contributed by atoms with Crippen LogP contribution in [-0.4, -0.2) is 36.6 Å². The Kier molecular flexibility index (Phi) is 7.41. The van der Waals surface area contributed by atoms with Gasteiger partial charge in [0.1, 0.15) is 0 Å². The first-order chi connectivity index (χ1) is 14.7. The number of rotatable bonds is 7. The Bertz CT molecular complexity index is 832. The molecule has 168 valence electrons. The Labute approximate surface area is 181 Å². The van der Waals surface area contributed by atoms with Crippen molar-refractivity contribution in [2.24, 2.45) is 11.8 Å². The van der Waals surface area contributed by atoms with E-state index in [0.29, 0.717) is 12.2 Å². The maximum atomic E-state index is 12.8. The highest BCUT2D eigenvalue weighted by Crippen LogP contribution is 2.30. The molecule has 1 aliphatic rings.